The Hall–Kier alpha value is -2.54. The van der Waals surface area contributed by atoms with E-state index in [0.29, 0.717) is 52.7 Å². The van der Waals surface area contributed by atoms with Crippen molar-refractivity contribution in [1.29, 1.82) is 0 Å². The van der Waals surface area contributed by atoms with Gasteiger partial charge in [0.2, 0.25) is 5.91 Å². The molecule has 1 aromatic rings. The molecule has 0 saturated heterocycles. The van der Waals surface area contributed by atoms with Crippen molar-refractivity contribution in [3.63, 3.8) is 0 Å². The highest BCUT2D eigenvalue weighted by Gasteiger charge is 2.27. The fourth-order valence-electron chi connectivity index (χ4n) is 3.29. The van der Waals surface area contributed by atoms with Gasteiger partial charge in [0.05, 0.1) is 16.4 Å². The molecule has 0 atom stereocenters. The van der Waals surface area contributed by atoms with Gasteiger partial charge in [0.25, 0.3) is 11.8 Å². The number of nitrogens with two attached hydrogens (primary N) is 1. The average Bonchev–Trinajstić information content (AvgIpc) is 2.62. The summed E-state index contributed by atoms with van der Waals surface area (Å²) in [7, 11) is 0. The Kier molecular flexibility index (Phi) is 5.18. The Labute approximate surface area is 156 Å². The van der Waals surface area contributed by atoms with Crippen molar-refractivity contribution < 1.29 is 19.1 Å². The molecule has 7 nitrogen and oxygen atoms in total. The van der Waals surface area contributed by atoms with E-state index in [9.17, 15) is 14.4 Å². The van der Waals surface area contributed by atoms with Crippen LogP contribution in [0.15, 0.2) is 23.3 Å². The predicted molar refractivity (Wildman–Crippen MR) is 98.3 cm³/mol. The van der Waals surface area contributed by atoms with Crippen molar-refractivity contribution in [2.24, 2.45) is 5.73 Å². The summed E-state index contributed by atoms with van der Waals surface area (Å²) in [4.78, 5) is 37.8. The highest BCUT2D eigenvalue weighted by molar-refractivity contribution is 6.34. The molecule has 0 saturated carbocycles. The van der Waals surface area contributed by atoms with Gasteiger partial charge in [-0.25, -0.2) is 0 Å². The maximum absolute atomic E-state index is 12.7. The molecule has 0 unspecified atom stereocenters. The van der Waals surface area contributed by atoms with Crippen molar-refractivity contribution in [3.8, 4) is 5.75 Å². The second-order valence-electron chi connectivity index (χ2n) is 6.21. The first kappa shape index (κ1) is 18.3. The zero-order valence-corrected chi connectivity index (χ0v) is 15.2. The number of nitrogens with one attached hydrogen (secondary N) is 1. The van der Waals surface area contributed by atoms with Gasteiger partial charge >= 0.3 is 0 Å². The van der Waals surface area contributed by atoms with Crippen LogP contribution in [-0.2, 0) is 14.4 Å². The van der Waals surface area contributed by atoms with Gasteiger partial charge < -0.3 is 20.7 Å². The summed E-state index contributed by atoms with van der Waals surface area (Å²) in [6.07, 6.45) is 2.65. The molecule has 3 N–H and O–H groups in total. The third-order valence-corrected chi connectivity index (χ3v) is 4.91. The highest BCUT2D eigenvalue weighted by atomic mass is 35.5. The van der Waals surface area contributed by atoms with Crippen LogP contribution >= 0.6 is 11.6 Å². The number of ether oxygens (including phenoxy) is 1. The lowest BCUT2D eigenvalue weighted by Gasteiger charge is -2.29. The molecular formula is C18H20ClN3O4. The summed E-state index contributed by atoms with van der Waals surface area (Å²) in [5.74, 6) is -0.635. The molecule has 1 aliphatic heterocycles. The first-order chi connectivity index (χ1) is 12.4. The van der Waals surface area contributed by atoms with Crippen molar-refractivity contribution in [3.05, 3.63) is 28.3 Å². The molecule has 26 heavy (non-hydrogen) atoms. The van der Waals surface area contributed by atoms with Gasteiger partial charge in [-0.15, -0.1) is 0 Å². The number of halogens is 1. The van der Waals surface area contributed by atoms with Crippen LogP contribution in [0, 0.1) is 0 Å². The highest BCUT2D eigenvalue weighted by Crippen LogP contribution is 2.39. The van der Waals surface area contributed by atoms with Crippen LogP contribution in [0.3, 0.4) is 0 Å². The molecule has 3 rings (SSSR count). The van der Waals surface area contributed by atoms with Gasteiger partial charge in [-0.1, -0.05) is 11.6 Å². The van der Waals surface area contributed by atoms with Crippen molar-refractivity contribution >= 4 is 40.7 Å². The number of likely N-dealkylation sites (N-methyl/N-ethyl adjacent to an activating group) is 1. The van der Waals surface area contributed by atoms with Crippen LogP contribution < -0.4 is 20.7 Å². The van der Waals surface area contributed by atoms with Gasteiger partial charge in [-0.05, 0) is 38.7 Å². The van der Waals surface area contributed by atoms with Crippen LogP contribution in [0.2, 0.25) is 5.02 Å². The summed E-state index contributed by atoms with van der Waals surface area (Å²) >= 11 is 6.26. The molecule has 0 aromatic heterocycles. The Morgan fingerprint density at radius 3 is 2.62 bits per heavy atom. The number of hydrogen-bond acceptors (Lipinski definition) is 4. The quantitative estimate of drug-likeness (QED) is 0.840. The number of anilines is 2. The second kappa shape index (κ2) is 7.37. The number of primary amides is 1. The number of carbonyl (C=O) groups is 3. The number of amides is 3. The first-order valence-corrected chi connectivity index (χ1v) is 8.90. The van der Waals surface area contributed by atoms with E-state index >= 15 is 0 Å². The third kappa shape index (κ3) is 3.39. The van der Waals surface area contributed by atoms with Crippen LogP contribution in [0.5, 0.6) is 5.75 Å². The molecule has 8 heteroatoms. The minimum absolute atomic E-state index is 0.0439. The molecule has 0 spiro atoms. The van der Waals surface area contributed by atoms with Crippen LogP contribution in [-0.4, -0.2) is 30.9 Å². The minimum Gasteiger partial charge on any atom is -0.482 e. The van der Waals surface area contributed by atoms with E-state index in [1.807, 2.05) is 6.92 Å². The van der Waals surface area contributed by atoms with Gasteiger partial charge in [0.1, 0.15) is 5.75 Å². The first-order valence-electron chi connectivity index (χ1n) is 8.52. The van der Waals surface area contributed by atoms with E-state index < -0.39 is 11.8 Å². The summed E-state index contributed by atoms with van der Waals surface area (Å²) < 4.78 is 5.41. The molecule has 2 aliphatic rings. The molecule has 0 fully saturated rings. The fourth-order valence-corrected chi connectivity index (χ4v) is 3.49. The van der Waals surface area contributed by atoms with Crippen LogP contribution in [0.1, 0.15) is 32.6 Å². The lowest BCUT2D eigenvalue weighted by Crippen LogP contribution is -2.38. The zero-order valence-electron chi connectivity index (χ0n) is 14.4. The maximum Gasteiger partial charge on any atom is 0.265 e. The number of fused-ring (bicyclic) bond motifs is 1. The Balaban J connectivity index is 1.93. The average molecular weight is 378 g/mol. The van der Waals surface area contributed by atoms with E-state index in [0.717, 1.165) is 12.8 Å². The number of benzene rings is 1. The van der Waals surface area contributed by atoms with Crippen molar-refractivity contribution in [2.75, 3.05) is 23.4 Å². The Bertz CT molecular complexity index is 819. The molecule has 0 radical (unpaired) electrons. The van der Waals surface area contributed by atoms with Crippen molar-refractivity contribution in [1.82, 2.24) is 0 Å². The topological polar surface area (TPSA) is 102 Å². The number of rotatable bonds is 4. The van der Waals surface area contributed by atoms with E-state index in [2.05, 4.69) is 5.32 Å². The van der Waals surface area contributed by atoms with E-state index in [1.165, 1.54) is 0 Å². The summed E-state index contributed by atoms with van der Waals surface area (Å²) in [6.45, 7) is 2.28. The molecule has 1 aromatic carbocycles. The normalized spacial score (nSPS) is 16.8. The van der Waals surface area contributed by atoms with Crippen molar-refractivity contribution in [2.45, 2.75) is 32.6 Å². The molecule has 3 amide bonds. The second-order valence-corrected chi connectivity index (χ2v) is 6.62. The van der Waals surface area contributed by atoms with E-state index in [1.54, 1.807) is 17.0 Å². The van der Waals surface area contributed by atoms with Gasteiger partial charge in [0, 0.05) is 23.8 Å². The largest absolute Gasteiger partial charge is 0.482 e. The summed E-state index contributed by atoms with van der Waals surface area (Å²) in [5.41, 5.74) is 7.08. The lowest BCUT2D eigenvalue weighted by molar-refractivity contribution is -0.121. The van der Waals surface area contributed by atoms with Gasteiger partial charge in [-0.2, -0.15) is 0 Å². The number of hydrogen-bond donors (Lipinski definition) is 2. The van der Waals surface area contributed by atoms with Gasteiger partial charge in [0.15, 0.2) is 6.61 Å². The maximum atomic E-state index is 12.7. The molecule has 1 heterocycles. The Morgan fingerprint density at radius 2 is 1.96 bits per heavy atom. The SMILES string of the molecule is CCN1C(=O)COc2cc(Cl)c(NC(=O)C3=C(C(N)=O)CCCC3)cc21. The summed E-state index contributed by atoms with van der Waals surface area (Å²) in [6, 6.07) is 3.19. The Morgan fingerprint density at radius 1 is 1.27 bits per heavy atom. The molecule has 1 aliphatic carbocycles. The number of nitrogens with zero attached hydrogens (tertiary/aromatic N) is 1. The zero-order chi connectivity index (χ0) is 18.8. The molecular weight excluding hydrogens is 358 g/mol. The smallest absolute Gasteiger partial charge is 0.265 e. The monoisotopic (exact) mass is 377 g/mol. The predicted octanol–water partition coefficient (Wildman–Crippen LogP) is 2.38. The summed E-state index contributed by atoms with van der Waals surface area (Å²) in [5, 5.41) is 3.04. The molecule has 138 valence electrons. The fraction of sp³-hybridized carbons (Fsp3) is 0.389. The molecule has 0 bridgehead atoms. The van der Waals surface area contributed by atoms with E-state index in [-0.39, 0.29) is 12.5 Å². The van der Waals surface area contributed by atoms with Crippen LogP contribution in [0.4, 0.5) is 11.4 Å². The van der Waals surface area contributed by atoms with E-state index in [4.69, 9.17) is 22.1 Å². The lowest BCUT2D eigenvalue weighted by atomic mass is 9.90. The third-order valence-electron chi connectivity index (χ3n) is 4.60. The minimum atomic E-state index is -0.567. The number of carbonyl (C=O) groups excluding carboxylic acids is 3. The standard InChI is InChI=1S/C18H20ClN3O4/c1-2-22-14-8-13(12(19)7-15(14)26-9-16(22)23)21-18(25)11-6-4-3-5-10(11)17(20)24/h7-8H,2-6,9H2,1H3,(H2,20,24)(H,21,25). The van der Waals surface area contributed by atoms with Crippen LogP contribution in [0.25, 0.3) is 0 Å². The van der Waals surface area contributed by atoms with Gasteiger partial charge in [-0.3, -0.25) is 14.4 Å².